The minimum atomic E-state index is 0.523. The maximum Gasteiger partial charge on any atom is 0.145 e. The van der Waals surface area contributed by atoms with Gasteiger partial charge < -0.3 is 19.7 Å². The monoisotopic (exact) mass is 264 g/mol. The SMILES string of the molecule is CNCC1CCN(c2ccc(OC)cc2OC)C1C. The van der Waals surface area contributed by atoms with Gasteiger partial charge in [0.2, 0.25) is 0 Å². The van der Waals surface area contributed by atoms with Gasteiger partial charge in [0, 0.05) is 18.7 Å². The van der Waals surface area contributed by atoms with Crippen molar-refractivity contribution >= 4 is 5.69 Å². The summed E-state index contributed by atoms with van der Waals surface area (Å²) < 4.78 is 10.8. The van der Waals surface area contributed by atoms with Crippen molar-refractivity contribution < 1.29 is 9.47 Å². The van der Waals surface area contributed by atoms with Crippen LogP contribution in [0.4, 0.5) is 5.69 Å². The molecule has 0 saturated carbocycles. The molecule has 4 heteroatoms. The summed E-state index contributed by atoms with van der Waals surface area (Å²) in [6.45, 7) is 4.44. The van der Waals surface area contributed by atoms with Crippen molar-refractivity contribution in [1.29, 1.82) is 0 Å². The van der Waals surface area contributed by atoms with Crippen LogP contribution in [-0.2, 0) is 0 Å². The number of methoxy groups -OCH3 is 2. The molecule has 106 valence electrons. The molecule has 2 rings (SSSR count). The summed E-state index contributed by atoms with van der Waals surface area (Å²) in [7, 11) is 5.41. The summed E-state index contributed by atoms with van der Waals surface area (Å²) in [6, 6.07) is 6.56. The third-order valence-corrected chi connectivity index (χ3v) is 4.08. The maximum atomic E-state index is 5.51. The van der Waals surface area contributed by atoms with Crippen LogP contribution in [0, 0.1) is 5.92 Å². The van der Waals surface area contributed by atoms with Crippen molar-refractivity contribution in [1.82, 2.24) is 5.32 Å². The average molecular weight is 264 g/mol. The standard InChI is InChI=1S/C15H24N2O2/c1-11-12(10-16-2)7-8-17(11)14-6-5-13(18-3)9-15(14)19-4/h5-6,9,11-12,16H,7-8,10H2,1-4H3. The van der Waals surface area contributed by atoms with Gasteiger partial charge in [-0.1, -0.05) is 0 Å². The summed E-state index contributed by atoms with van der Waals surface area (Å²) in [5, 5.41) is 3.28. The maximum absolute atomic E-state index is 5.51. The van der Waals surface area contributed by atoms with Gasteiger partial charge in [0.05, 0.1) is 19.9 Å². The van der Waals surface area contributed by atoms with Crippen LogP contribution in [0.2, 0.25) is 0 Å². The van der Waals surface area contributed by atoms with Crippen molar-refractivity contribution in [3.05, 3.63) is 18.2 Å². The molecular formula is C15H24N2O2. The highest BCUT2D eigenvalue weighted by molar-refractivity contribution is 5.62. The highest BCUT2D eigenvalue weighted by Crippen LogP contribution is 2.37. The van der Waals surface area contributed by atoms with Gasteiger partial charge in [-0.15, -0.1) is 0 Å². The molecule has 0 aromatic heterocycles. The zero-order chi connectivity index (χ0) is 13.8. The van der Waals surface area contributed by atoms with Gasteiger partial charge in [-0.3, -0.25) is 0 Å². The van der Waals surface area contributed by atoms with Gasteiger partial charge in [-0.05, 0) is 45.0 Å². The molecule has 1 fully saturated rings. The minimum Gasteiger partial charge on any atom is -0.497 e. The molecule has 0 radical (unpaired) electrons. The second-order valence-corrected chi connectivity index (χ2v) is 5.08. The molecular weight excluding hydrogens is 240 g/mol. The molecule has 1 aliphatic heterocycles. The van der Waals surface area contributed by atoms with Crippen LogP contribution in [0.3, 0.4) is 0 Å². The number of hydrogen-bond donors (Lipinski definition) is 1. The molecule has 0 aliphatic carbocycles. The van der Waals surface area contributed by atoms with E-state index in [2.05, 4.69) is 23.2 Å². The fourth-order valence-electron chi connectivity index (χ4n) is 2.90. The summed E-state index contributed by atoms with van der Waals surface area (Å²) in [5.74, 6) is 2.41. The third kappa shape index (κ3) is 2.78. The molecule has 1 aliphatic rings. The van der Waals surface area contributed by atoms with Gasteiger partial charge in [0.15, 0.2) is 0 Å². The average Bonchev–Trinajstić information content (AvgIpc) is 2.80. The Kier molecular flexibility index (Phi) is 4.53. The van der Waals surface area contributed by atoms with Crippen LogP contribution in [0.15, 0.2) is 18.2 Å². The molecule has 2 unspecified atom stereocenters. The molecule has 2 atom stereocenters. The van der Waals surface area contributed by atoms with Crippen molar-refractivity contribution in [2.75, 3.05) is 39.3 Å². The number of nitrogens with one attached hydrogen (secondary N) is 1. The van der Waals surface area contributed by atoms with Crippen LogP contribution in [0.25, 0.3) is 0 Å². The molecule has 1 heterocycles. The summed E-state index contributed by atoms with van der Waals surface area (Å²) >= 11 is 0. The number of anilines is 1. The van der Waals surface area contributed by atoms with E-state index in [1.165, 1.54) is 6.42 Å². The lowest BCUT2D eigenvalue weighted by atomic mass is 10.0. The smallest absolute Gasteiger partial charge is 0.145 e. The Bertz CT molecular complexity index is 423. The summed E-state index contributed by atoms with van der Waals surface area (Å²) in [6.07, 6.45) is 1.22. The lowest BCUT2D eigenvalue weighted by molar-refractivity contribution is 0.393. The third-order valence-electron chi connectivity index (χ3n) is 4.08. The number of nitrogens with zero attached hydrogens (tertiary/aromatic N) is 1. The van der Waals surface area contributed by atoms with Crippen molar-refractivity contribution in [2.45, 2.75) is 19.4 Å². The predicted octanol–water partition coefficient (Wildman–Crippen LogP) is 2.14. The van der Waals surface area contributed by atoms with E-state index in [1.807, 2.05) is 19.2 Å². The number of hydrogen-bond acceptors (Lipinski definition) is 4. The van der Waals surface area contributed by atoms with E-state index < -0.39 is 0 Å². The lowest BCUT2D eigenvalue weighted by Gasteiger charge is -2.28. The van der Waals surface area contributed by atoms with Crippen molar-refractivity contribution in [3.8, 4) is 11.5 Å². The first-order valence-electron chi connectivity index (χ1n) is 6.84. The normalized spacial score (nSPS) is 22.6. The summed E-state index contributed by atoms with van der Waals surface area (Å²) in [4.78, 5) is 2.43. The second kappa shape index (κ2) is 6.15. The number of rotatable bonds is 5. The van der Waals surface area contributed by atoms with Gasteiger partial charge in [0.25, 0.3) is 0 Å². The molecule has 4 nitrogen and oxygen atoms in total. The summed E-state index contributed by atoms with van der Waals surface area (Å²) in [5.41, 5.74) is 1.16. The van der Waals surface area contributed by atoms with E-state index in [9.17, 15) is 0 Å². The Hall–Kier alpha value is -1.42. The van der Waals surface area contributed by atoms with E-state index in [1.54, 1.807) is 14.2 Å². The molecule has 0 spiro atoms. The first-order valence-corrected chi connectivity index (χ1v) is 6.84. The van der Waals surface area contributed by atoms with Gasteiger partial charge in [0.1, 0.15) is 11.5 Å². The Morgan fingerprint density at radius 2 is 2.11 bits per heavy atom. The Morgan fingerprint density at radius 3 is 2.74 bits per heavy atom. The highest BCUT2D eigenvalue weighted by Gasteiger charge is 2.31. The van der Waals surface area contributed by atoms with Crippen molar-refractivity contribution in [2.24, 2.45) is 5.92 Å². The highest BCUT2D eigenvalue weighted by atomic mass is 16.5. The minimum absolute atomic E-state index is 0.523. The number of benzene rings is 1. The largest absolute Gasteiger partial charge is 0.497 e. The topological polar surface area (TPSA) is 33.7 Å². The van der Waals surface area contributed by atoms with Crippen LogP contribution in [0.1, 0.15) is 13.3 Å². The zero-order valence-electron chi connectivity index (χ0n) is 12.3. The van der Waals surface area contributed by atoms with Crippen LogP contribution in [0.5, 0.6) is 11.5 Å². The van der Waals surface area contributed by atoms with Crippen LogP contribution >= 0.6 is 0 Å². The van der Waals surface area contributed by atoms with Crippen LogP contribution < -0.4 is 19.7 Å². The first kappa shape index (κ1) is 14.0. The van der Waals surface area contributed by atoms with E-state index >= 15 is 0 Å². The van der Waals surface area contributed by atoms with E-state index in [0.717, 1.165) is 30.3 Å². The fraction of sp³-hybridized carbons (Fsp3) is 0.600. The fourth-order valence-corrected chi connectivity index (χ4v) is 2.90. The van der Waals surface area contributed by atoms with E-state index in [-0.39, 0.29) is 0 Å². The van der Waals surface area contributed by atoms with E-state index in [0.29, 0.717) is 12.0 Å². The quantitative estimate of drug-likeness (QED) is 0.883. The van der Waals surface area contributed by atoms with Gasteiger partial charge in [-0.25, -0.2) is 0 Å². The molecule has 1 N–H and O–H groups in total. The molecule has 19 heavy (non-hydrogen) atoms. The molecule has 1 aromatic rings. The Morgan fingerprint density at radius 1 is 1.32 bits per heavy atom. The molecule has 0 amide bonds. The predicted molar refractivity (Wildman–Crippen MR) is 78.4 cm³/mol. The van der Waals surface area contributed by atoms with Crippen molar-refractivity contribution in [3.63, 3.8) is 0 Å². The van der Waals surface area contributed by atoms with E-state index in [4.69, 9.17) is 9.47 Å². The molecule has 1 saturated heterocycles. The van der Waals surface area contributed by atoms with Crippen LogP contribution in [-0.4, -0.2) is 40.4 Å². The molecule has 0 bridgehead atoms. The Balaban J connectivity index is 2.22. The van der Waals surface area contributed by atoms with Gasteiger partial charge >= 0.3 is 0 Å². The second-order valence-electron chi connectivity index (χ2n) is 5.08. The number of ether oxygens (including phenoxy) is 2. The lowest BCUT2D eigenvalue weighted by Crippen LogP contribution is -2.33. The molecule has 1 aromatic carbocycles. The first-order chi connectivity index (χ1) is 9.21. The Labute approximate surface area is 115 Å². The zero-order valence-corrected chi connectivity index (χ0v) is 12.3. The van der Waals surface area contributed by atoms with Gasteiger partial charge in [-0.2, -0.15) is 0 Å².